The predicted octanol–water partition coefficient (Wildman–Crippen LogP) is 7.81. The van der Waals surface area contributed by atoms with Gasteiger partial charge in [-0.1, -0.05) is 58.4 Å². The number of likely N-dealkylation sites (tertiary alicyclic amines) is 1. The predicted molar refractivity (Wildman–Crippen MR) is 313 cm³/mol. The molecule has 0 aliphatic carbocycles. The quantitative estimate of drug-likeness (QED) is 0.0292. The van der Waals surface area contributed by atoms with E-state index < -0.39 is 0 Å². The van der Waals surface area contributed by atoms with Gasteiger partial charge in [0.05, 0.1) is 17.6 Å². The average Bonchev–Trinajstić information content (AvgIpc) is 3.70. The summed E-state index contributed by atoms with van der Waals surface area (Å²) >= 11 is 0. The number of allylic oxidation sites excluding steroid dienone is 2. The van der Waals surface area contributed by atoms with Crippen LogP contribution in [0.5, 0.6) is 0 Å². The molecular formula is C61H92FKN9O5-. The van der Waals surface area contributed by atoms with Gasteiger partial charge in [0.1, 0.15) is 11.6 Å². The number of halogens is 1. The number of carbonyl (C=O) groups excluding carboxylic acids is 3. The normalized spacial score (nSPS) is 14.9. The summed E-state index contributed by atoms with van der Waals surface area (Å²) in [6, 6.07) is 12.1. The van der Waals surface area contributed by atoms with E-state index >= 15 is 4.39 Å². The fraction of sp³-hybridized carbons (Fsp3) is 0.508. The van der Waals surface area contributed by atoms with Crippen molar-refractivity contribution in [2.45, 2.75) is 140 Å². The summed E-state index contributed by atoms with van der Waals surface area (Å²) in [7, 11) is 3.56. The van der Waals surface area contributed by atoms with Crippen molar-refractivity contribution in [3.63, 3.8) is 0 Å². The number of fused-ring (bicyclic) bond motifs is 1. The SMILES string of the molecule is CC.CCCN(CC1CCN(C(=O)c2cc(C)c(C3=CCN(C(C)/C(C)=C/c4c(N/C=C\C(=C/C(C)=O)NC)ccnc4C)CC3)c(F)c2)CC1)C(C)CC.CCc1ccc2[nH]c(=O)n(C)c2c1.[CH2-]CCC(=O)CN.[K+].[OH-]. The number of nitrogens with one attached hydrogen (secondary N) is 3. The van der Waals surface area contributed by atoms with E-state index in [1.54, 1.807) is 30.9 Å². The van der Waals surface area contributed by atoms with Crippen LogP contribution < -0.4 is 73.4 Å². The molecule has 6 rings (SSSR count). The molecule has 1 amide bonds. The zero-order chi connectivity index (χ0) is 55.8. The van der Waals surface area contributed by atoms with E-state index in [0.29, 0.717) is 48.2 Å². The van der Waals surface area contributed by atoms with Crippen molar-refractivity contribution >= 4 is 45.8 Å². The molecule has 2 unspecified atom stereocenters. The molecular weight excluding hydrogens is 997 g/mol. The number of amides is 1. The first-order valence-electron chi connectivity index (χ1n) is 27.3. The Morgan fingerprint density at radius 2 is 1.73 bits per heavy atom. The van der Waals surface area contributed by atoms with Gasteiger partial charge >= 0.3 is 57.1 Å². The van der Waals surface area contributed by atoms with Gasteiger partial charge in [-0.15, -0.1) is 0 Å². The Hall–Kier alpha value is -4.36. The maximum absolute atomic E-state index is 15.8. The first-order valence-corrected chi connectivity index (χ1v) is 27.3. The van der Waals surface area contributed by atoms with Crippen molar-refractivity contribution in [1.29, 1.82) is 0 Å². The van der Waals surface area contributed by atoms with E-state index in [2.05, 4.69) is 91.0 Å². The summed E-state index contributed by atoms with van der Waals surface area (Å²) in [6.07, 6.45) is 18.5. The van der Waals surface area contributed by atoms with Crippen molar-refractivity contribution in [3.8, 4) is 0 Å². The third-order valence-electron chi connectivity index (χ3n) is 14.2. The Morgan fingerprint density at radius 1 is 1.04 bits per heavy atom. The molecule has 0 saturated carbocycles. The number of nitrogens with two attached hydrogens (primary N) is 1. The second-order valence-electron chi connectivity index (χ2n) is 19.5. The summed E-state index contributed by atoms with van der Waals surface area (Å²) in [5.74, 6) is 0.293. The van der Waals surface area contributed by atoms with E-state index in [-0.39, 0.29) is 98.4 Å². The van der Waals surface area contributed by atoms with Gasteiger partial charge in [-0.05, 0) is 152 Å². The van der Waals surface area contributed by atoms with E-state index in [0.717, 1.165) is 110 Å². The largest absolute Gasteiger partial charge is 1.00 e. The van der Waals surface area contributed by atoms with Gasteiger partial charge in [-0.2, -0.15) is 6.42 Å². The molecule has 2 aliphatic rings. The fourth-order valence-corrected chi connectivity index (χ4v) is 9.36. The summed E-state index contributed by atoms with van der Waals surface area (Å²) in [5.41, 5.74) is 15.7. The summed E-state index contributed by atoms with van der Waals surface area (Å²) in [4.78, 5) is 60.8. The standard InChI is InChI=1S/C44H63FN6O2.C10H12N2O.C5H10NO.C2H6.K.H2O/c1-10-20-51(32(5)11-2)29-36-14-21-50(22-15-36)44(53)38-25-31(4)43(41(45)28-38)37-16-23-49(24-17-37)35(8)30(3)26-40-34(7)47-19-13-42(40)48-18-12-39(46-9)27-33(6)52;1-3-7-4-5-8-9(6-7)12(2)10(13)11-8;1-2-3-5(7)4-6;1-2;;/h12-13,16,18-19,25-28,32,35-36,46H,10-11,14-15,17,20-24,29H2,1-9H3,(H,47,48);4-6H,3H2,1-2H3,(H,11,13);1-4,6H2;1-2H3;;1H2/q;;-1;;+1;/p-1/b18-12-,30-26+,39-27+;;;;;. The molecule has 0 spiro atoms. The number of nitrogens with zero attached hydrogens (tertiary/aromatic N) is 5. The number of aromatic nitrogens is 3. The fourth-order valence-electron chi connectivity index (χ4n) is 9.36. The van der Waals surface area contributed by atoms with Crippen molar-refractivity contribution in [3.05, 3.63) is 135 Å². The van der Waals surface area contributed by atoms with Crippen LogP contribution in [0.3, 0.4) is 0 Å². The van der Waals surface area contributed by atoms with E-state index in [1.165, 1.54) is 24.1 Å². The van der Waals surface area contributed by atoms with Crippen LogP contribution >= 0.6 is 0 Å². The van der Waals surface area contributed by atoms with Gasteiger partial charge in [-0.25, -0.2) is 9.18 Å². The van der Waals surface area contributed by atoms with Crippen LogP contribution in [0, 0.1) is 32.5 Å². The van der Waals surface area contributed by atoms with Crippen LogP contribution in [-0.4, -0.2) is 117 Å². The molecule has 16 heteroatoms. The minimum atomic E-state index is -0.310. The Morgan fingerprint density at radius 3 is 2.27 bits per heavy atom. The van der Waals surface area contributed by atoms with Crippen molar-refractivity contribution in [1.82, 2.24) is 34.6 Å². The Balaban J connectivity index is 0.00000102. The van der Waals surface area contributed by atoms with Gasteiger partial charge in [0.15, 0.2) is 5.78 Å². The number of rotatable bonds is 20. The van der Waals surface area contributed by atoms with Crippen LogP contribution in [0.15, 0.2) is 83.1 Å². The van der Waals surface area contributed by atoms with E-state index in [1.807, 2.05) is 75.2 Å². The molecule has 6 N–H and O–H groups in total. The van der Waals surface area contributed by atoms with Crippen molar-refractivity contribution in [2.75, 3.05) is 58.2 Å². The number of benzene rings is 2. The summed E-state index contributed by atoms with van der Waals surface area (Å²) in [5, 5.41) is 6.38. The smallest absolute Gasteiger partial charge is 0.870 e. The average molecular weight is 1090 g/mol. The first kappa shape index (κ1) is 70.7. The second-order valence-corrected chi connectivity index (χ2v) is 19.5. The molecule has 77 heavy (non-hydrogen) atoms. The number of anilines is 1. The molecule has 2 aromatic carbocycles. The maximum atomic E-state index is 15.8. The van der Waals surface area contributed by atoms with Crippen LogP contribution in [0.4, 0.5) is 10.1 Å². The molecule has 1 fully saturated rings. The number of likely N-dealkylation sites (N-methyl/N-ethyl adjacent to an activating group) is 1. The molecule has 2 aliphatic heterocycles. The number of aromatic amines is 1. The monoisotopic (exact) mass is 1090 g/mol. The van der Waals surface area contributed by atoms with Crippen LogP contribution in [-0.2, 0) is 23.1 Å². The summed E-state index contributed by atoms with van der Waals surface area (Å²) < 4.78 is 17.5. The second kappa shape index (κ2) is 36.7. The van der Waals surface area contributed by atoms with Crippen LogP contribution in [0.1, 0.15) is 146 Å². The molecule has 0 radical (unpaired) electrons. The van der Waals surface area contributed by atoms with E-state index in [4.69, 9.17) is 5.73 Å². The Labute approximate surface area is 503 Å². The van der Waals surface area contributed by atoms with Gasteiger partial charge in [-0.3, -0.25) is 28.8 Å². The third-order valence-corrected chi connectivity index (χ3v) is 14.2. The Kier molecular flexibility index (Phi) is 33.7. The molecule has 420 valence electrons. The number of ketones is 2. The van der Waals surface area contributed by atoms with Crippen LogP contribution in [0.2, 0.25) is 0 Å². The molecule has 2 atom stereocenters. The maximum Gasteiger partial charge on any atom is 1.00 e. The first-order chi connectivity index (χ1) is 35.9. The Bertz CT molecular complexity index is 2640. The zero-order valence-corrected chi connectivity index (χ0v) is 52.4. The van der Waals surface area contributed by atoms with Gasteiger partial charge < -0.3 is 43.6 Å². The number of imidazole rings is 1. The summed E-state index contributed by atoms with van der Waals surface area (Å²) in [6.45, 7) is 31.5. The number of H-pyrrole nitrogens is 1. The third kappa shape index (κ3) is 21.7. The number of pyridine rings is 1. The van der Waals surface area contributed by atoms with E-state index in [9.17, 15) is 19.2 Å². The van der Waals surface area contributed by atoms with Crippen molar-refractivity contribution in [2.24, 2.45) is 18.7 Å². The zero-order valence-electron chi connectivity index (χ0n) is 49.2. The molecule has 4 aromatic rings. The number of aryl methyl sites for hydroxylation is 4. The minimum absolute atomic E-state index is 0. The topological polar surface area (TPSA) is 192 Å². The van der Waals surface area contributed by atoms with Gasteiger partial charge in [0.25, 0.3) is 5.91 Å². The molecule has 2 aromatic heterocycles. The molecule has 14 nitrogen and oxygen atoms in total. The number of carbonyl (C=O) groups is 3. The molecule has 1 saturated heterocycles. The number of hydrogen-bond donors (Lipinski definition) is 4. The number of Topliss-reactive ketones (excluding diaryl/α,β-unsaturated/α-hetero) is 1. The van der Waals surface area contributed by atoms with Crippen molar-refractivity contribution < 1.29 is 75.6 Å². The minimum Gasteiger partial charge on any atom is -0.870 e. The molecule has 4 heterocycles. The number of piperidine rings is 1. The number of hydrogen-bond acceptors (Lipinski definition) is 11. The van der Waals surface area contributed by atoms with Gasteiger partial charge in [0, 0.05) is 111 Å². The molecule has 0 bridgehead atoms. The van der Waals surface area contributed by atoms with Crippen LogP contribution in [0.25, 0.3) is 22.7 Å². The van der Waals surface area contributed by atoms with Gasteiger partial charge in [0.2, 0.25) is 0 Å².